The molecule has 2 aromatic rings. The zero-order chi connectivity index (χ0) is 17.5. The molecule has 0 unspecified atom stereocenters. The summed E-state index contributed by atoms with van der Waals surface area (Å²) in [6.07, 6.45) is 3.52. The topological polar surface area (TPSA) is 57.3 Å². The highest BCUT2D eigenvalue weighted by molar-refractivity contribution is 6.30. The van der Waals surface area contributed by atoms with Crippen molar-refractivity contribution >= 4 is 17.6 Å². The quantitative estimate of drug-likeness (QED) is 0.844. The van der Waals surface area contributed by atoms with Crippen LogP contribution in [0, 0.1) is 6.92 Å². The first-order valence-corrected chi connectivity index (χ1v) is 8.17. The van der Waals surface area contributed by atoms with Gasteiger partial charge >= 0.3 is 6.03 Å². The number of amides is 2. The molecule has 2 rings (SSSR count). The number of carbonyl (C=O) groups is 1. The van der Waals surface area contributed by atoms with Crippen LogP contribution in [-0.4, -0.2) is 36.6 Å². The molecule has 0 saturated carbocycles. The van der Waals surface area contributed by atoms with Crippen LogP contribution in [0.5, 0.6) is 0 Å². The van der Waals surface area contributed by atoms with Crippen LogP contribution in [0.15, 0.2) is 42.7 Å². The summed E-state index contributed by atoms with van der Waals surface area (Å²) in [6, 6.07) is 9.13. The fourth-order valence-electron chi connectivity index (χ4n) is 2.38. The van der Waals surface area contributed by atoms with Gasteiger partial charge in [-0.2, -0.15) is 0 Å². The molecule has 1 aromatic heterocycles. The molecule has 0 spiro atoms. The Labute approximate surface area is 148 Å². The van der Waals surface area contributed by atoms with Crippen LogP contribution >= 0.6 is 11.6 Å². The first-order chi connectivity index (χ1) is 11.5. The lowest BCUT2D eigenvalue weighted by Gasteiger charge is -2.23. The third kappa shape index (κ3) is 5.51. The minimum absolute atomic E-state index is 0.115. The number of nitrogens with zero attached hydrogens (tertiary/aromatic N) is 2. The van der Waals surface area contributed by atoms with Crippen LogP contribution in [0.2, 0.25) is 5.02 Å². The molecule has 2 amide bonds. The van der Waals surface area contributed by atoms with E-state index in [9.17, 15) is 4.79 Å². The van der Waals surface area contributed by atoms with Crippen molar-refractivity contribution in [2.45, 2.75) is 19.5 Å². The molecular formula is C18H23ClN4O. The molecule has 128 valence electrons. The molecule has 1 atom stereocenters. The molecule has 24 heavy (non-hydrogen) atoms. The third-order valence-corrected chi connectivity index (χ3v) is 3.95. The van der Waals surface area contributed by atoms with Gasteiger partial charge in [-0.1, -0.05) is 23.7 Å². The Kier molecular flexibility index (Phi) is 6.58. The number of aromatic nitrogens is 1. The van der Waals surface area contributed by atoms with Crippen LogP contribution < -0.4 is 10.6 Å². The van der Waals surface area contributed by atoms with Gasteiger partial charge in [-0.3, -0.25) is 4.98 Å². The molecule has 0 saturated heterocycles. The molecule has 0 aliphatic heterocycles. The number of carbonyl (C=O) groups excluding carboxylic acids is 1. The van der Waals surface area contributed by atoms with E-state index < -0.39 is 0 Å². The van der Waals surface area contributed by atoms with Crippen molar-refractivity contribution in [3.05, 3.63) is 64.4 Å². The Hall–Kier alpha value is -2.11. The van der Waals surface area contributed by atoms with Gasteiger partial charge in [0.25, 0.3) is 0 Å². The van der Waals surface area contributed by atoms with Gasteiger partial charge in [-0.25, -0.2) is 4.79 Å². The van der Waals surface area contributed by atoms with E-state index in [2.05, 4.69) is 15.6 Å². The smallest absolute Gasteiger partial charge is 0.315 e. The molecule has 0 bridgehead atoms. The van der Waals surface area contributed by atoms with Crippen LogP contribution in [0.4, 0.5) is 4.79 Å². The Bertz CT molecular complexity index is 673. The van der Waals surface area contributed by atoms with E-state index in [1.807, 2.05) is 56.3 Å². The van der Waals surface area contributed by atoms with Crippen molar-refractivity contribution in [2.75, 3.05) is 20.6 Å². The number of likely N-dealkylation sites (N-methyl/N-ethyl adjacent to an activating group) is 1. The maximum Gasteiger partial charge on any atom is 0.315 e. The maximum atomic E-state index is 12.3. The molecule has 0 radical (unpaired) electrons. The van der Waals surface area contributed by atoms with E-state index in [-0.39, 0.29) is 12.1 Å². The van der Waals surface area contributed by atoms with Crippen LogP contribution in [0.3, 0.4) is 0 Å². The molecule has 5 nitrogen and oxygen atoms in total. The van der Waals surface area contributed by atoms with Crippen molar-refractivity contribution < 1.29 is 4.79 Å². The summed E-state index contributed by atoms with van der Waals surface area (Å²) < 4.78 is 0. The second-order valence-electron chi connectivity index (χ2n) is 6.00. The Morgan fingerprint density at radius 2 is 1.96 bits per heavy atom. The number of hydrogen-bond acceptors (Lipinski definition) is 3. The molecule has 1 aromatic carbocycles. The highest BCUT2D eigenvalue weighted by Gasteiger charge is 2.15. The monoisotopic (exact) mass is 346 g/mol. The van der Waals surface area contributed by atoms with E-state index in [1.165, 1.54) is 0 Å². The van der Waals surface area contributed by atoms with Crippen LogP contribution in [0.25, 0.3) is 0 Å². The fourth-order valence-corrected chi connectivity index (χ4v) is 2.51. The van der Waals surface area contributed by atoms with Crippen LogP contribution in [0.1, 0.15) is 22.7 Å². The van der Waals surface area contributed by atoms with Gasteiger partial charge in [-0.15, -0.1) is 0 Å². The second-order valence-corrected chi connectivity index (χ2v) is 6.43. The van der Waals surface area contributed by atoms with Crippen molar-refractivity contribution in [1.29, 1.82) is 0 Å². The summed E-state index contributed by atoms with van der Waals surface area (Å²) in [5.74, 6) is 0. The lowest BCUT2D eigenvalue weighted by Crippen LogP contribution is -2.41. The van der Waals surface area contributed by atoms with Gasteiger partial charge in [0.15, 0.2) is 0 Å². The Balaban J connectivity index is 1.99. The van der Waals surface area contributed by atoms with Crippen molar-refractivity contribution in [2.24, 2.45) is 0 Å². The molecule has 2 N–H and O–H groups in total. The van der Waals surface area contributed by atoms with Gasteiger partial charge in [0.1, 0.15) is 0 Å². The van der Waals surface area contributed by atoms with Crippen molar-refractivity contribution in [3.63, 3.8) is 0 Å². The summed E-state index contributed by atoms with van der Waals surface area (Å²) in [7, 11) is 3.95. The van der Waals surface area contributed by atoms with E-state index in [1.54, 1.807) is 12.4 Å². The highest BCUT2D eigenvalue weighted by Crippen LogP contribution is 2.17. The number of hydrogen-bond donors (Lipinski definition) is 2. The Morgan fingerprint density at radius 1 is 1.25 bits per heavy atom. The minimum Gasteiger partial charge on any atom is -0.334 e. The van der Waals surface area contributed by atoms with Gasteiger partial charge in [0.2, 0.25) is 0 Å². The molecule has 1 heterocycles. The van der Waals surface area contributed by atoms with Gasteiger partial charge in [-0.05, 0) is 55.9 Å². The number of rotatable bonds is 6. The summed E-state index contributed by atoms with van der Waals surface area (Å²) in [5, 5.41) is 6.61. The largest absolute Gasteiger partial charge is 0.334 e. The van der Waals surface area contributed by atoms with Crippen LogP contribution in [-0.2, 0) is 6.54 Å². The van der Waals surface area contributed by atoms with Gasteiger partial charge < -0.3 is 15.5 Å². The highest BCUT2D eigenvalue weighted by atomic mass is 35.5. The number of pyridine rings is 1. The molecule has 0 aliphatic rings. The molecule has 0 fully saturated rings. The molecule has 0 aliphatic carbocycles. The van der Waals surface area contributed by atoms with Gasteiger partial charge in [0.05, 0.1) is 6.04 Å². The number of aryl methyl sites for hydroxylation is 1. The average molecular weight is 347 g/mol. The lowest BCUT2D eigenvalue weighted by atomic mass is 10.1. The number of urea groups is 1. The zero-order valence-corrected chi connectivity index (χ0v) is 15.0. The van der Waals surface area contributed by atoms with E-state index in [0.29, 0.717) is 18.1 Å². The average Bonchev–Trinajstić information content (AvgIpc) is 2.54. The molecule has 6 heteroatoms. The van der Waals surface area contributed by atoms with E-state index >= 15 is 0 Å². The number of halogens is 1. The number of benzene rings is 1. The van der Waals surface area contributed by atoms with Gasteiger partial charge in [0, 0.05) is 30.5 Å². The zero-order valence-electron chi connectivity index (χ0n) is 14.2. The second kappa shape index (κ2) is 8.66. The predicted molar refractivity (Wildman–Crippen MR) is 97.1 cm³/mol. The SMILES string of the molecule is Cc1cnccc1CNC(=O)N[C@@H](CN(C)C)c1ccc(Cl)cc1. The number of nitrogens with one attached hydrogen (secondary N) is 2. The fraction of sp³-hybridized carbons (Fsp3) is 0.333. The first-order valence-electron chi connectivity index (χ1n) is 7.79. The Morgan fingerprint density at radius 3 is 2.58 bits per heavy atom. The maximum absolute atomic E-state index is 12.3. The summed E-state index contributed by atoms with van der Waals surface area (Å²) >= 11 is 5.94. The normalized spacial score (nSPS) is 12.0. The van der Waals surface area contributed by atoms with Crippen molar-refractivity contribution in [1.82, 2.24) is 20.5 Å². The predicted octanol–water partition coefficient (Wildman–Crippen LogP) is 3.15. The third-order valence-electron chi connectivity index (χ3n) is 3.70. The summed E-state index contributed by atoms with van der Waals surface area (Å²) in [4.78, 5) is 18.4. The first kappa shape index (κ1) is 18.2. The lowest BCUT2D eigenvalue weighted by molar-refractivity contribution is 0.232. The summed E-state index contributed by atoms with van der Waals surface area (Å²) in [5.41, 5.74) is 3.12. The van der Waals surface area contributed by atoms with E-state index in [4.69, 9.17) is 11.6 Å². The standard InChI is InChI=1S/C18H23ClN4O/c1-13-10-20-9-8-15(13)11-21-18(24)22-17(12-23(2)3)14-4-6-16(19)7-5-14/h4-10,17H,11-12H2,1-3H3,(H2,21,22,24)/t17-/m0/s1. The minimum atomic E-state index is -0.201. The van der Waals surface area contributed by atoms with E-state index in [0.717, 1.165) is 16.7 Å². The summed E-state index contributed by atoms with van der Waals surface area (Å²) in [6.45, 7) is 3.14. The van der Waals surface area contributed by atoms with Crippen molar-refractivity contribution in [3.8, 4) is 0 Å². The molecular weight excluding hydrogens is 324 g/mol.